The van der Waals surface area contributed by atoms with Gasteiger partial charge in [0.1, 0.15) is 5.75 Å². The number of rotatable bonds is 3. The number of ether oxygens (including phenoxy) is 1. The molecule has 2 heteroatoms. The Morgan fingerprint density at radius 3 is 2.71 bits per heavy atom. The van der Waals surface area contributed by atoms with Crippen LogP contribution >= 0.6 is 0 Å². The van der Waals surface area contributed by atoms with E-state index >= 15 is 0 Å². The second-order valence-corrected chi connectivity index (χ2v) is 5.12. The van der Waals surface area contributed by atoms with Crippen LogP contribution in [-0.2, 0) is 0 Å². The van der Waals surface area contributed by atoms with Crippen molar-refractivity contribution in [2.45, 2.75) is 45.1 Å². The molecular formula is C15H23NO. The van der Waals surface area contributed by atoms with Crippen molar-refractivity contribution in [1.82, 2.24) is 5.32 Å². The lowest BCUT2D eigenvalue weighted by Gasteiger charge is -2.28. The summed E-state index contributed by atoms with van der Waals surface area (Å²) in [5.74, 6) is 1.54. The average molecular weight is 233 g/mol. The van der Waals surface area contributed by atoms with E-state index in [4.69, 9.17) is 4.74 Å². The van der Waals surface area contributed by atoms with Gasteiger partial charge in [-0.15, -0.1) is 0 Å². The molecule has 2 nitrogen and oxygen atoms in total. The SMILES string of the molecule is COc1cccc(C2CCCCN2)c1C(C)C. The van der Waals surface area contributed by atoms with Crippen LogP contribution in [0.1, 0.15) is 56.2 Å². The summed E-state index contributed by atoms with van der Waals surface area (Å²) >= 11 is 0. The molecule has 1 aromatic carbocycles. The van der Waals surface area contributed by atoms with Crippen LogP contribution in [0.2, 0.25) is 0 Å². The first-order valence-electron chi connectivity index (χ1n) is 6.64. The summed E-state index contributed by atoms with van der Waals surface area (Å²) in [7, 11) is 1.76. The molecule has 0 aromatic heterocycles. The zero-order chi connectivity index (χ0) is 12.3. The second-order valence-electron chi connectivity index (χ2n) is 5.12. The lowest BCUT2D eigenvalue weighted by Crippen LogP contribution is -2.27. The van der Waals surface area contributed by atoms with Crippen LogP contribution in [0, 0.1) is 0 Å². The highest BCUT2D eigenvalue weighted by molar-refractivity contribution is 5.44. The van der Waals surface area contributed by atoms with E-state index < -0.39 is 0 Å². The number of nitrogens with one attached hydrogen (secondary N) is 1. The molecule has 0 amide bonds. The molecule has 94 valence electrons. The van der Waals surface area contributed by atoms with Crippen LogP contribution in [0.25, 0.3) is 0 Å². The maximum absolute atomic E-state index is 5.51. The van der Waals surface area contributed by atoms with Gasteiger partial charge < -0.3 is 10.1 Å². The summed E-state index contributed by atoms with van der Waals surface area (Å²) in [6, 6.07) is 6.94. The zero-order valence-electron chi connectivity index (χ0n) is 11.1. The fraction of sp³-hybridized carbons (Fsp3) is 0.600. The molecule has 1 unspecified atom stereocenters. The van der Waals surface area contributed by atoms with Gasteiger partial charge in [0.15, 0.2) is 0 Å². The number of hydrogen-bond acceptors (Lipinski definition) is 2. The van der Waals surface area contributed by atoms with Crippen LogP contribution in [0.4, 0.5) is 0 Å². The smallest absolute Gasteiger partial charge is 0.122 e. The van der Waals surface area contributed by atoms with Crippen LogP contribution in [0.3, 0.4) is 0 Å². The highest BCUT2D eigenvalue weighted by Crippen LogP contribution is 2.35. The molecule has 0 aliphatic carbocycles. The summed E-state index contributed by atoms with van der Waals surface area (Å²) < 4.78 is 5.51. The van der Waals surface area contributed by atoms with Crippen LogP contribution < -0.4 is 10.1 Å². The molecule has 1 aromatic rings. The number of hydrogen-bond donors (Lipinski definition) is 1. The summed E-state index contributed by atoms with van der Waals surface area (Å²) in [5, 5.41) is 3.63. The molecule has 2 rings (SSSR count). The largest absolute Gasteiger partial charge is 0.496 e. The Hall–Kier alpha value is -1.02. The predicted octanol–water partition coefficient (Wildman–Crippen LogP) is 3.63. The summed E-state index contributed by atoms with van der Waals surface area (Å²) in [4.78, 5) is 0. The second kappa shape index (κ2) is 5.54. The van der Waals surface area contributed by atoms with Crippen LogP contribution in [0.5, 0.6) is 5.75 Å². The zero-order valence-corrected chi connectivity index (χ0v) is 11.1. The third kappa shape index (κ3) is 2.63. The molecule has 1 atom stereocenters. The summed E-state index contributed by atoms with van der Waals surface area (Å²) in [5.41, 5.74) is 2.80. The minimum Gasteiger partial charge on any atom is -0.496 e. The van der Waals surface area contributed by atoms with Crippen molar-refractivity contribution >= 4 is 0 Å². The van der Waals surface area contributed by atoms with Crippen molar-refractivity contribution < 1.29 is 4.74 Å². The maximum atomic E-state index is 5.51. The van der Waals surface area contributed by atoms with Crippen molar-refractivity contribution in [1.29, 1.82) is 0 Å². The van der Waals surface area contributed by atoms with E-state index in [1.54, 1.807) is 7.11 Å². The molecule has 17 heavy (non-hydrogen) atoms. The molecule has 0 bridgehead atoms. The Kier molecular flexibility index (Phi) is 4.06. The molecule has 1 N–H and O–H groups in total. The summed E-state index contributed by atoms with van der Waals surface area (Å²) in [6.07, 6.45) is 3.87. The first-order chi connectivity index (χ1) is 8.24. The van der Waals surface area contributed by atoms with E-state index in [9.17, 15) is 0 Å². The third-order valence-electron chi connectivity index (χ3n) is 3.58. The first kappa shape index (κ1) is 12.4. The topological polar surface area (TPSA) is 21.3 Å². The highest BCUT2D eigenvalue weighted by atomic mass is 16.5. The van der Waals surface area contributed by atoms with E-state index in [2.05, 4.69) is 37.4 Å². The predicted molar refractivity (Wildman–Crippen MR) is 71.7 cm³/mol. The van der Waals surface area contributed by atoms with Gasteiger partial charge in [0.2, 0.25) is 0 Å². The number of benzene rings is 1. The molecule has 1 fully saturated rings. The summed E-state index contributed by atoms with van der Waals surface area (Å²) in [6.45, 7) is 5.62. The monoisotopic (exact) mass is 233 g/mol. The lowest BCUT2D eigenvalue weighted by atomic mass is 9.88. The van der Waals surface area contributed by atoms with Crippen LogP contribution in [-0.4, -0.2) is 13.7 Å². The highest BCUT2D eigenvalue weighted by Gasteiger charge is 2.21. The minimum atomic E-state index is 0.505. The van der Waals surface area contributed by atoms with Crippen molar-refractivity contribution in [2.24, 2.45) is 0 Å². The Bertz CT molecular complexity index is 367. The first-order valence-corrected chi connectivity index (χ1v) is 6.64. The molecular weight excluding hydrogens is 210 g/mol. The van der Waals surface area contributed by atoms with E-state index in [0.717, 1.165) is 12.3 Å². The van der Waals surface area contributed by atoms with Gasteiger partial charge in [-0.1, -0.05) is 32.4 Å². The van der Waals surface area contributed by atoms with Gasteiger partial charge in [-0.2, -0.15) is 0 Å². The van der Waals surface area contributed by atoms with Gasteiger partial charge >= 0.3 is 0 Å². The van der Waals surface area contributed by atoms with Crippen molar-refractivity contribution in [3.8, 4) is 5.75 Å². The van der Waals surface area contributed by atoms with Gasteiger partial charge in [0.25, 0.3) is 0 Å². The van der Waals surface area contributed by atoms with Gasteiger partial charge in [-0.3, -0.25) is 0 Å². The Morgan fingerprint density at radius 1 is 1.29 bits per heavy atom. The minimum absolute atomic E-state index is 0.505. The van der Waals surface area contributed by atoms with E-state index in [-0.39, 0.29) is 0 Å². The molecule has 1 saturated heterocycles. The molecule has 0 saturated carbocycles. The molecule has 0 radical (unpaired) electrons. The molecule has 1 aliphatic heterocycles. The van der Waals surface area contributed by atoms with E-state index in [1.807, 2.05) is 0 Å². The molecule has 1 heterocycles. The van der Waals surface area contributed by atoms with Gasteiger partial charge in [-0.05, 0) is 36.9 Å². The van der Waals surface area contributed by atoms with E-state index in [1.165, 1.54) is 30.4 Å². The van der Waals surface area contributed by atoms with Gasteiger partial charge in [0.05, 0.1) is 7.11 Å². The Balaban J connectivity index is 2.37. The van der Waals surface area contributed by atoms with Gasteiger partial charge in [-0.25, -0.2) is 0 Å². The van der Waals surface area contributed by atoms with Crippen LogP contribution in [0.15, 0.2) is 18.2 Å². The quantitative estimate of drug-likeness (QED) is 0.860. The normalized spacial score (nSPS) is 20.6. The standard InChI is InChI=1S/C15H23NO/c1-11(2)15-12(7-6-9-14(15)17-3)13-8-4-5-10-16-13/h6-7,9,11,13,16H,4-5,8,10H2,1-3H3. The third-order valence-corrected chi connectivity index (χ3v) is 3.58. The Morgan fingerprint density at radius 2 is 2.12 bits per heavy atom. The van der Waals surface area contributed by atoms with Gasteiger partial charge in [0, 0.05) is 11.6 Å². The number of methoxy groups -OCH3 is 1. The van der Waals surface area contributed by atoms with Crippen molar-refractivity contribution in [3.63, 3.8) is 0 Å². The fourth-order valence-corrected chi connectivity index (χ4v) is 2.78. The lowest BCUT2D eigenvalue weighted by molar-refractivity contribution is 0.391. The fourth-order valence-electron chi connectivity index (χ4n) is 2.78. The van der Waals surface area contributed by atoms with Crippen molar-refractivity contribution in [3.05, 3.63) is 29.3 Å². The Labute approximate surface area is 104 Å². The van der Waals surface area contributed by atoms with Crippen molar-refractivity contribution in [2.75, 3.05) is 13.7 Å². The number of piperidine rings is 1. The average Bonchev–Trinajstić information content (AvgIpc) is 2.38. The maximum Gasteiger partial charge on any atom is 0.122 e. The van der Waals surface area contributed by atoms with E-state index in [0.29, 0.717) is 12.0 Å². The molecule has 1 aliphatic rings. The molecule has 0 spiro atoms.